The molecule has 0 N–H and O–H groups in total. The second-order valence-corrected chi connectivity index (χ2v) is 14.4. The highest BCUT2D eigenvalue weighted by Crippen LogP contribution is 2.50. The van der Waals surface area contributed by atoms with Gasteiger partial charge in [0.25, 0.3) is 0 Å². The Bertz CT molecular complexity index is 2870. The second-order valence-electron chi connectivity index (χ2n) is 13.4. The summed E-state index contributed by atoms with van der Waals surface area (Å²) < 4.78 is 1.19. The lowest BCUT2D eigenvalue weighted by molar-refractivity contribution is 1.07. The topological polar surface area (TPSA) is 51.6 Å². The zero-order chi connectivity index (χ0) is 36.6. The lowest BCUT2D eigenvalue weighted by Gasteiger charge is -2.12. The number of hydrogen-bond donors (Lipinski definition) is 0. The third-order valence-corrected chi connectivity index (χ3v) is 11.2. The van der Waals surface area contributed by atoms with Crippen molar-refractivity contribution in [2.24, 2.45) is 0 Å². The molecule has 0 saturated heterocycles. The molecule has 0 fully saturated rings. The Morgan fingerprint density at radius 1 is 0.327 bits per heavy atom. The largest absolute Gasteiger partial charge is 0.246 e. The van der Waals surface area contributed by atoms with Crippen LogP contribution in [0.4, 0.5) is 0 Å². The van der Waals surface area contributed by atoms with Crippen LogP contribution in [0, 0.1) is 0 Å². The summed E-state index contributed by atoms with van der Waals surface area (Å²) in [5.41, 5.74) is 11.7. The molecular weight excluding hydrogens is 689 g/mol. The molecule has 0 atom stereocenters. The minimum Gasteiger partial charge on any atom is -0.246 e. The van der Waals surface area contributed by atoms with Crippen molar-refractivity contribution in [1.29, 1.82) is 0 Å². The summed E-state index contributed by atoms with van der Waals surface area (Å²) in [5, 5.41) is 2.37. The minimum atomic E-state index is 0.634. The van der Waals surface area contributed by atoms with Crippen molar-refractivity contribution < 1.29 is 0 Å². The van der Waals surface area contributed by atoms with Gasteiger partial charge in [-0.05, 0) is 28.3 Å². The van der Waals surface area contributed by atoms with Gasteiger partial charge in [-0.25, -0.2) is 19.9 Å². The Labute approximate surface area is 323 Å². The molecular formula is C50H32N4S. The van der Waals surface area contributed by atoms with Crippen molar-refractivity contribution in [1.82, 2.24) is 19.9 Å². The monoisotopic (exact) mass is 720 g/mol. The molecule has 7 aromatic carbocycles. The molecule has 5 heteroatoms. The smallest absolute Gasteiger partial charge is 0.164 e. The van der Waals surface area contributed by atoms with Gasteiger partial charge in [-0.15, -0.1) is 11.3 Å². The average Bonchev–Trinajstić information content (AvgIpc) is 3.68. The number of fused-ring (bicyclic) bond motifs is 3. The van der Waals surface area contributed by atoms with E-state index in [1.165, 1.54) is 31.7 Å². The number of aromatic nitrogens is 4. The van der Waals surface area contributed by atoms with E-state index in [9.17, 15) is 0 Å². The molecule has 0 radical (unpaired) electrons. The Hall–Kier alpha value is -7.08. The maximum atomic E-state index is 5.43. The van der Waals surface area contributed by atoms with Crippen molar-refractivity contribution in [2.75, 3.05) is 0 Å². The van der Waals surface area contributed by atoms with Gasteiger partial charge in [0.05, 0.1) is 15.9 Å². The van der Waals surface area contributed by atoms with Crippen LogP contribution in [0.25, 0.3) is 99.1 Å². The Morgan fingerprint density at radius 2 is 0.745 bits per heavy atom. The van der Waals surface area contributed by atoms with Crippen molar-refractivity contribution in [3.63, 3.8) is 0 Å². The molecule has 0 aliphatic rings. The highest BCUT2D eigenvalue weighted by Gasteiger charge is 2.22. The SMILES string of the molecule is c1ccc(-c2nc(-c3ccccc3)nc(-c3ccc(-c4ccc5c(c4)nc(-c4ccccc4)c4sc(-c6ccccc6)c(-c6ccccc6)c45)cc3)n2)cc1. The lowest BCUT2D eigenvalue weighted by Crippen LogP contribution is -2.00. The van der Waals surface area contributed by atoms with E-state index in [1.54, 1.807) is 0 Å². The van der Waals surface area contributed by atoms with Crippen LogP contribution in [0.1, 0.15) is 0 Å². The number of benzene rings is 7. The molecule has 0 aliphatic carbocycles. The minimum absolute atomic E-state index is 0.634. The van der Waals surface area contributed by atoms with Crippen LogP contribution in [0.2, 0.25) is 0 Å². The first kappa shape index (κ1) is 32.6. The molecule has 3 aromatic heterocycles. The van der Waals surface area contributed by atoms with Gasteiger partial charge in [0.15, 0.2) is 17.5 Å². The zero-order valence-corrected chi connectivity index (χ0v) is 30.5. The molecule has 3 heterocycles. The van der Waals surface area contributed by atoms with Crippen LogP contribution >= 0.6 is 11.3 Å². The molecule has 10 rings (SSSR count). The van der Waals surface area contributed by atoms with Gasteiger partial charge in [-0.2, -0.15) is 0 Å². The van der Waals surface area contributed by atoms with Crippen molar-refractivity contribution in [2.45, 2.75) is 0 Å². The summed E-state index contributed by atoms with van der Waals surface area (Å²) in [6.45, 7) is 0. The highest BCUT2D eigenvalue weighted by molar-refractivity contribution is 7.23. The summed E-state index contributed by atoms with van der Waals surface area (Å²) in [6.07, 6.45) is 0. The number of thiophene rings is 1. The fourth-order valence-electron chi connectivity index (χ4n) is 7.26. The fourth-order valence-corrected chi connectivity index (χ4v) is 8.61. The zero-order valence-electron chi connectivity index (χ0n) is 29.7. The normalized spacial score (nSPS) is 11.3. The number of pyridine rings is 1. The van der Waals surface area contributed by atoms with Gasteiger partial charge < -0.3 is 0 Å². The van der Waals surface area contributed by atoms with Crippen molar-refractivity contribution in [3.8, 4) is 78.1 Å². The third-order valence-electron chi connectivity index (χ3n) is 9.94. The van der Waals surface area contributed by atoms with Crippen LogP contribution in [-0.4, -0.2) is 19.9 Å². The van der Waals surface area contributed by atoms with E-state index in [2.05, 4.69) is 133 Å². The first-order chi connectivity index (χ1) is 27.3. The molecule has 0 saturated carbocycles. The van der Waals surface area contributed by atoms with E-state index < -0.39 is 0 Å². The molecule has 258 valence electrons. The molecule has 0 aliphatic heterocycles. The number of nitrogens with zero attached hydrogens (tertiary/aromatic N) is 4. The van der Waals surface area contributed by atoms with Gasteiger partial charge in [0, 0.05) is 43.5 Å². The van der Waals surface area contributed by atoms with Crippen molar-refractivity contribution in [3.05, 3.63) is 194 Å². The van der Waals surface area contributed by atoms with E-state index in [1.807, 2.05) is 72.0 Å². The third kappa shape index (κ3) is 6.17. The van der Waals surface area contributed by atoms with E-state index in [0.717, 1.165) is 50.0 Å². The van der Waals surface area contributed by atoms with Gasteiger partial charge in [-0.3, -0.25) is 0 Å². The Kier molecular flexibility index (Phi) is 8.32. The van der Waals surface area contributed by atoms with Crippen LogP contribution < -0.4 is 0 Å². The van der Waals surface area contributed by atoms with E-state index in [-0.39, 0.29) is 0 Å². The summed E-state index contributed by atoms with van der Waals surface area (Å²) in [4.78, 5) is 21.4. The first-order valence-corrected chi connectivity index (χ1v) is 19.1. The standard InChI is InChI=1S/C50H32N4S/c1-6-16-34(17-7-1)43-44-41-31-30-40(32-42(41)51-45(35-18-8-2-9-19-35)47(44)55-46(43)36-20-10-3-11-21-36)33-26-28-39(29-27-33)50-53-48(37-22-12-4-13-23-37)52-49(54-50)38-24-14-5-15-25-38/h1-32H. The molecule has 0 unspecified atom stereocenters. The molecule has 55 heavy (non-hydrogen) atoms. The average molecular weight is 721 g/mol. The Balaban J connectivity index is 1.12. The van der Waals surface area contributed by atoms with Crippen LogP contribution in [0.15, 0.2) is 194 Å². The summed E-state index contributed by atoms with van der Waals surface area (Å²) in [6, 6.07) is 67.4. The summed E-state index contributed by atoms with van der Waals surface area (Å²) in [5.74, 6) is 1.93. The van der Waals surface area contributed by atoms with Crippen LogP contribution in [0.5, 0.6) is 0 Å². The fraction of sp³-hybridized carbons (Fsp3) is 0. The maximum Gasteiger partial charge on any atom is 0.164 e. The molecule has 0 amide bonds. The number of hydrogen-bond acceptors (Lipinski definition) is 5. The summed E-state index contributed by atoms with van der Waals surface area (Å²) in [7, 11) is 0. The van der Waals surface area contributed by atoms with Crippen LogP contribution in [-0.2, 0) is 0 Å². The Morgan fingerprint density at radius 3 is 1.27 bits per heavy atom. The highest BCUT2D eigenvalue weighted by atomic mass is 32.1. The quantitative estimate of drug-likeness (QED) is 0.164. The first-order valence-electron chi connectivity index (χ1n) is 18.3. The molecule has 0 spiro atoms. The molecule has 4 nitrogen and oxygen atoms in total. The van der Waals surface area contributed by atoms with E-state index in [4.69, 9.17) is 19.9 Å². The summed E-state index contributed by atoms with van der Waals surface area (Å²) >= 11 is 1.83. The second kappa shape index (κ2) is 14.0. The van der Waals surface area contributed by atoms with Crippen molar-refractivity contribution >= 4 is 32.3 Å². The maximum absolute atomic E-state index is 5.43. The van der Waals surface area contributed by atoms with E-state index >= 15 is 0 Å². The predicted molar refractivity (Wildman–Crippen MR) is 229 cm³/mol. The molecule has 0 bridgehead atoms. The van der Waals surface area contributed by atoms with Gasteiger partial charge >= 0.3 is 0 Å². The number of rotatable bonds is 7. The van der Waals surface area contributed by atoms with Gasteiger partial charge in [0.1, 0.15) is 0 Å². The van der Waals surface area contributed by atoms with Gasteiger partial charge in [0.2, 0.25) is 0 Å². The van der Waals surface area contributed by atoms with Gasteiger partial charge in [-0.1, -0.05) is 188 Å². The predicted octanol–water partition coefficient (Wildman–Crippen LogP) is 13.3. The lowest BCUT2D eigenvalue weighted by atomic mass is 9.94. The van der Waals surface area contributed by atoms with E-state index in [0.29, 0.717) is 17.5 Å². The molecule has 10 aromatic rings. The van der Waals surface area contributed by atoms with Crippen LogP contribution in [0.3, 0.4) is 0 Å².